The maximum absolute atomic E-state index is 6.21. The molecule has 2 aromatic rings. The van der Waals surface area contributed by atoms with E-state index in [1.165, 1.54) is 10.4 Å². The van der Waals surface area contributed by atoms with Crippen LogP contribution in [0.1, 0.15) is 26.9 Å². The minimum Gasteiger partial charge on any atom is -0.319 e. The lowest BCUT2D eigenvalue weighted by molar-refractivity contribution is 0.907. The van der Waals surface area contributed by atoms with Crippen molar-refractivity contribution in [2.75, 3.05) is 0 Å². The number of halogens is 1. The van der Waals surface area contributed by atoms with Crippen molar-refractivity contribution in [3.63, 3.8) is 0 Å². The standard InChI is InChI=1S/C11H12ClNS2/c1-6-3-4-14-10(6)9(13)11-8(12)7(2)5-15-11/h3-5,9H,13H2,1-2H3. The van der Waals surface area contributed by atoms with E-state index in [2.05, 4.69) is 23.8 Å². The van der Waals surface area contributed by atoms with Gasteiger partial charge in [-0.15, -0.1) is 22.7 Å². The average molecular weight is 258 g/mol. The zero-order valence-corrected chi connectivity index (χ0v) is 11.0. The van der Waals surface area contributed by atoms with E-state index in [9.17, 15) is 0 Å². The highest BCUT2D eigenvalue weighted by atomic mass is 35.5. The maximum atomic E-state index is 6.21. The number of aryl methyl sites for hydroxylation is 2. The first-order valence-corrected chi connectivity index (χ1v) is 6.78. The SMILES string of the molecule is Cc1ccsc1C(N)c1scc(C)c1Cl. The van der Waals surface area contributed by atoms with Crippen LogP contribution in [-0.4, -0.2) is 0 Å². The van der Waals surface area contributed by atoms with Crippen molar-refractivity contribution >= 4 is 34.3 Å². The van der Waals surface area contributed by atoms with Gasteiger partial charge in [0, 0.05) is 9.75 Å². The van der Waals surface area contributed by atoms with Crippen LogP contribution in [0.5, 0.6) is 0 Å². The Morgan fingerprint density at radius 1 is 1.20 bits per heavy atom. The Bertz CT molecular complexity index is 473. The Kier molecular flexibility index (Phi) is 3.16. The van der Waals surface area contributed by atoms with Crippen LogP contribution in [0.25, 0.3) is 0 Å². The molecule has 4 heteroatoms. The van der Waals surface area contributed by atoms with E-state index in [4.69, 9.17) is 17.3 Å². The first-order valence-electron chi connectivity index (χ1n) is 4.64. The Morgan fingerprint density at radius 3 is 2.40 bits per heavy atom. The molecule has 2 rings (SSSR count). The fraction of sp³-hybridized carbons (Fsp3) is 0.273. The molecule has 0 radical (unpaired) electrons. The third-order valence-corrected chi connectivity index (χ3v) is 5.29. The summed E-state index contributed by atoms with van der Waals surface area (Å²) in [6, 6.07) is 2.02. The van der Waals surface area contributed by atoms with Crippen LogP contribution in [0.2, 0.25) is 5.02 Å². The van der Waals surface area contributed by atoms with E-state index in [-0.39, 0.29) is 6.04 Å². The first-order chi connectivity index (χ1) is 7.11. The van der Waals surface area contributed by atoms with Gasteiger partial charge in [0.25, 0.3) is 0 Å². The largest absolute Gasteiger partial charge is 0.319 e. The van der Waals surface area contributed by atoms with Gasteiger partial charge >= 0.3 is 0 Å². The molecule has 0 saturated heterocycles. The van der Waals surface area contributed by atoms with Crippen molar-refractivity contribution in [1.82, 2.24) is 0 Å². The molecule has 1 unspecified atom stereocenters. The zero-order chi connectivity index (χ0) is 11.0. The summed E-state index contributed by atoms with van der Waals surface area (Å²) in [4.78, 5) is 2.28. The number of thiophene rings is 2. The molecule has 0 aliphatic carbocycles. The maximum Gasteiger partial charge on any atom is 0.0757 e. The molecular formula is C11H12ClNS2. The highest BCUT2D eigenvalue weighted by molar-refractivity contribution is 7.12. The lowest BCUT2D eigenvalue weighted by atomic mass is 10.1. The summed E-state index contributed by atoms with van der Waals surface area (Å²) in [5.74, 6) is 0. The molecule has 1 nitrogen and oxygen atoms in total. The summed E-state index contributed by atoms with van der Waals surface area (Å²) in [7, 11) is 0. The normalized spacial score (nSPS) is 13.1. The molecule has 0 aliphatic rings. The molecule has 2 aromatic heterocycles. The number of hydrogen-bond donors (Lipinski definition) is 1. The highest BCUT2D eigenvalue weighted by Gasteiger charge is 2.18. The first kappa shape index (κ1) is 11.1. The van der Waals surface area contributed by atoms with Crippen molar-refractivity contribution in [2.24, 2.45) is 5.73 Å². The molecule has 0 saturated carbocycles. The van der Waals surface area contributed by atoms with Crippen LogP contribution in [0.4, 0.5) is 0 Å². The van der Waals surface area contributed by atoms with Crippen molar-refractivity contribution in [1.29, 1.82) is 0 Å². The third-order valence-electron chi connectivity index (χ3n) is 2.39. The molecule has 2 N–H and O–H groups in total. The Balaban J connectivity index is 2.41. The van der Waals surface area contributed by atoms with Crippen LogP contribution < -0.4 is 5.73 Å². The quantitative estimate of drug-likeness (QED) is 0.860. The molecule has 0 amide bonds. The fourth-order valence-electron chi connectivity index (χ4n) is 1.48. The van der Waals surface area contributed by atoms with Crippen LogP contribution in [-0.2, 0) is 0 Å². The van der Waals surface area contributed by atoms with Crippen molar-refractivity contribution < 1.29 is 0 Å². The van der Waals surface area contributed by atoms with E-state index < -0.39 is 0 Å². The molecular weight excluding hydrogens is 246 g/mol. The van der Waals surface area contributed by atoms with E-state index in [0.29, 0.717) is 0 Å². The molecule has 0 aromatic carbocycles. The van der Waals surface area contributed by atoms with Crippen molar-refractivity contribution in [2.45, 2.75) is 19.9 Å². The van der Waals surface area contributed by atoms with Gasteiger partial charge in [-0.3, -0.25) is 0 Å². The van der Waals surface area contributed by atoms with Crippen LogP contribution in [0.3, 0.4) is 0 Å². The Labute approximate surface area is 103 Å². The number of nitrogens with two attached hydrogens (primary N) is 1. The predicted molar refractivity (Wildman–Crippen MR) is 69.2 cm³/mol. The predicted octanol–water partition coefficient (Wildman–Crippen LogP) is 4.13. The number of hydrogen-bond acceptors (Lipinski definition) is 3. The summed E-state index contributed by atoms with van der Waals surface area (Å²) >= 11 is 9.54. The fourth-order valence-corrected chi connectivity index (χ4v) is 3.81. The minimum absolute atomic E-state index is 0.0730. The monoisotopic (exact) mass is 257 g/mol. The van der Waals surface area contributed by atoms with Crippen LogP contribution in [0, 0.1) is 13.8 Å². The van der Waals surface area contributed by atoms with Gasteiger partial charge in [0.1, 0.15) is 0 Å². The van der Waals surface area contributed by atoms with E-state index >= 15 is 0 Å². The summed E-state index contributed by atoms with van der Waals surface area (Å²) in [5, 5.41) is 4.94. The summed E-state index contributed by atoms with van der Waals surface area (Å²) in [6.45, 7) is 4.09. The van der Waals surface area contributed by atoms with Gasteiger partial charge in [-0.2, -0.15) is 0 Å². The lowest BCUT2D eigenvalue weighted by Gasteiger charge is -2.09. The molecule has 1 atom stereocenters. The molecule has 80 valence electrons. The summed E-state index contributed by atoms with van der Waals surface area (Å²) in [5.41, 5.74) is 8.57. The topological polar surface area (TPSA) is 26.0 Å². The van der Waals surface area contributed by atoms with Gasteiger partial charge in [0.15, 0.2) is 0 Å². The Hall–Kier alpha value is -0.350. The second-order valence-corrected chi connectivity index (χ2v) is 5.78. The lowest BCUT2D eigenvalue weighted by Crippen LogP contribution is -2.10. The molecule has 15 heavy (non-hydrogen) atoms. The zero-order valence-electron chi connectivity index (χ0n) is 8.58. The van der Waals surface area contributed by atoms with E-state index in [0.717, 1.165) is 15.5 Å². The smallest absolute Gasteiger partial charge is 0.0757 e. The van der Waals surface area contributed by atoms with Gasteiger partial charge in [-0.05, 0) is 41.8 Å². The Morgan fingerprint density at radius 2 is 1.93 bits per heavy atom. The summed E-state index contributed by atoms with van der Waals surface area (Å²) < 4.78 is 0. The van der Waals surface area contributed by atoms with E-state index in [1.807, 2.05) is 6.92 Å². The molecule has 2 heterocycles. The number of rotatable bonds is 2. The third kappa shape index (κ3) is 1.97. The molecule has 0 aliphatic heterocycles. The minimum atomic E-state index is -0.0730. The summed E-state index contributed by atoms with van der Waals surface area (Å²) in [6.07, 6.45) is 0. The molecule has 0 spiro atoms. The van der Waals surface area contributed by atoms with Crippen LogP contribution >= 0.6 is 34.3 Å². The molecule has 0 fully saturated rings. The molecule has 0 bridgehead atoms. The second kappa shape index (κ2) is 4.26. The average Bonchev–Trinajstić information content (AvgIpc) is 2.75. The van der Waals surface area contributed by atoms with Gasteiger partial charge in [-0.25, -0.2) is 0 Å². The van der Waals surface area contributed by atoms with Gasteiger partial charge in [0.2, 0.25) is 0 Å². The van der Waals surface area contributed by atoms with Gasteiger partial charge in [0.05, 0.1) is 11.1 Å². The van der Waals surface area contributed by atoms with Crippen molar-refractivity contribution in [3.05, 3.63) is 42.7 Å². The highest BCUT2D eigenvalue weighted by Crippen LogP contribution is 2.36. The van der Waals surface area contributed by atoms with Crippen LogP contribution in [0.15, 0.2) is 16.8 Å². The van der Waals surface area contributed by atoms with E-state index in [1.54, 1.807) is 22.7 Å². The van der Waals surface area contributed by atoms with Crippen molar-refractivity contribution in [3.8, 4) is 0 Å². The second-order valence-electron chi connectivity index (χ2n) is 3.54. The van der Waals surface area contributed by atoms with Gasteiger partial charge < -0.3 is 5.73 Å². The van der Waals surface area contributed by atoms with Gasteiger partial charge in [-0.1, -0.05) is 11.6 Å².